The maximum absolute atomic E-state index is 14.1. The van der Waals surface area contributed by atoms with Crippen molar-refractivity contribution in [1.82, 2.24) is 15.2 Å². The van der Waals surface area contributed by atoms with Crippen LogP contribution < -0.4 is 10.9 Å². The molecule has 2 aromatic carbocycles. The van der Waals surface area contributed by atoms with Gasteiger partial charge in [-0.3, -0.25) is 9.78 Å². The number of aromatic nitrogens is 3. The van der Waals surface area contributed by atoms with Gasteiger partial charge in [0.25, 0.3) is 5.56 Å². The molecule has 5 rings (SSSR count). The van der Waals surface area contributed by atoms with Gasteiger partial charge in [0.1, 0.15) is 5.82 Å². The predicted molar refractivity (Wildman–Crippen MR) is 101 cm³/mol. The van der Waals surface area contributed by atoms with Crippen LogP contribution in [0.3, 0.4) is 0 Å². The molecule has 132 valence electrons. The van der Waals surface area contributed by atoms with E-state index < -0.39 is 11.4 Å². The van der Waals surface area contributed by atoms with Crippen molar-refractivity contribution in [3.63, 3.8) is 0 Å². The summed E-state index contributed by atoms with van der Waals surface area (Å²) in [5.41, 5.74) is 2.97. The standard InChI is InChI=1S/C21H15FN4O/c22-14-10-15-18-16(11-14)24-19(13-6-8-23-9-7-13)17(12-4-2-1-3-5-12)20(18)25-26-21(15)27/h1-11,17,19,24H,(H,26,27)/t17-,19-/m1/s1. The molecule has 0 bridgehead atoms. The lowest BCUT2D eigenvalue weighted by atomic mass is 9.80. The molecule has 0 saturated heterocycles. The number of aromatic amines is 1. The molecule has 0 amide bonds. The van der Waals surface area contributed by atoms with E-state index in [0.29, 0.717) is 16.5 Å². The zero-order valence-electron chi connectivity index (χ0n) is 14.2. The summed E-state index contributed by atoms with van der Waals surface area (Å²) in [6.45, 7) is 0. The van der Waals surface area contributed by atoms with E-state index >= 15 is 0 Å². The highest BCUT2D eigenvalue weighted by molar-refractivity contribution is 5.97. The van der Waals surface area contributed by atoms with Crippen molar-refractivity contribution in [3.05, 3.63) is 100.0 Å². The van der Waals surface area contributed by atoms with Gasteiger partial charge in [-0.25, -0.2) is 9.49 Å². The van der Waals surface area contributed by atoms with Crippen molar-refractivity contribution in [2.24, 2.45) is 0 Å². The first kappa shape index (κ1) is 15.7. The smallest absolute Gasteiger partial charge is 0.272 e. The summed E-state index contributed by atoms with van der Waals surface area (Å²) < 4.78 is 14.1. The second-order valence-electron chi connectivity index (χ2n) is 6.60. The fraction of sp³-hybridized carbons (Fsp3) is 0.0952. The van der Waals surface area contributed by atoms with E-state index in [0.717, 1.165) is 16.8 Å². The summed E-state index contributed by atoms with van der Waals surface area (Å²) in [5.74, 6) is -0.606. The van der Waals surface area contributed by atoms with Crippen molar-refractivity contribution in [2.45, 2.75) is 12.0 Å². The summed E-state index contributed by atoms with van der Waals surface area (Å²) in [6.07, 6.45) is 3.46. The fourth-order valence-corrected chi connectivity index (χ4v) is 3.89. The molecule has 0 spiro atoms. The van der Waals surface area contributed by atoms with E-state index in [-0.39, 0.29) is 12.0 Å². The first-order valence-corrected chi connectivity index (χ1v) is 8.65. The maximum atomic E-state index is 14.1. The van der Waals surface area contributed by atoms with Crippen LogP contribution in [-0.4, -0.2) is 15.2 Å². The van der Waals surface area contributed by atoms with E-state index in [4.69, 9.17) is 0 Å². The van der Waals surface area contributed by atoms with E-state index in [1.807, 2.05) is 42.5 Å². The van der Waals surface area contributed by atoms with Crippen LogP contribution in [0.25, 0.3) is 10.8 Å². The Bertz CT molecular complexity index is 1190. The minimum Gasteiger partial charge on any atom is -0.377 e. The number of pyridine rings is 1. The minimum atomic E-state index is -0.459. The van der Waals surface area contributed by atoms with Crippen LogP contribution in [-0.2, 0) is 0 Å². The van der Waals surface area contributed by atoms with Gasteiger partial charge in [-0.05, 0) is 35.4 Å². The van der Waals surface area contributed by atoms with Gasteiger partial charge < -0.3 is 5.32 Å². The van der Waals surface area contributed by atoms with E-state index in [9.17, 15) is 9.18 Å². The van der Waals surface area contributed by atoms with Crippen LogP contribution in [0, 0.1) is 5.82 Å². The Labute approximate surface area is 153 Å². The number of H-pyrrole nitrogens is 1. The van der Waals surface area contributed by atoms with Crippen molar-refractivity contribution >= 4 is 16.5 Å². The molecule has 6 heteroatoms. The van der Waals surface area contributed by atoms with Crippen LogP contribution in [0.15, 0.2) is 71.8 Å². The number of nitrogens with zero attached hydrogens (tertiary/aromatic N) is 2. The third kappa shape index (κ3) is 2.49. The Hall–Kier alpha value is -3.54. The molecule has 27 heavy (non-hydrogen) atoms. The van der Waals surface area contributed by atoms with Crippen LogP contribution >= 0.6 is 0 Å². The average molecular weight is 358 g/mol. The lowest BCUT2D eigenvalue weighted by molar-refractivity contribution is 0.618. The molecule has 2 atom stereocenters. The van der Waals surface area contributed by atoms with Gasteiger partial charge in [-0.15, -0.1) is 0 Å². The van der Waals surface area contributed by atoms with Crippen molar-refractivity contribution in [3.8, 4) is 0 Å². The molecule has 4 aromatic rings. The maximum Gasteiger partial charge on any atom is 0.272 e. The van der Waals surface area contributed by atoms with Gasteiger partial charge in [0, 0.05) is 23.5 Å². The number of rotatable bonds is 2. The third-order valence-corrected chi connectivity index (χ3v) is 5.04. The molecule has 0 fully saturated rings. The fourth-order valence-electron chi connectivity index (χ4n) is 3.89. The van der Waals surface area contributed by atoms with Crippen molar-refractivity contribution in [1.29, 1.82) is 0 Å². The quantitative estimate of drug-likeness (QED) is 0.572. The molecule has 0 radical (unpaired) electrons. The van der Waals surface area contributed by atoms with E-state index in [2.05, 4.69) is 20.5 Å². The molecule has 0 saturated carbocycles. The normalized spacial score (nSPS) is 18.3. The molecule has 1 aliphatic rings. The van der Waals surface area contributed by atoms with Crippen LogP contribution in [0.2, 0.25) is 0 Å². The monoisotopic (exact) mass is 358 g/mol. The summed E-state index contributed by atoms with van der Waals surface area (Å²) >= 11 is 0. The first-order valence-electron chi connectivity index (χ1n) is 8.65. The van der Waals surface area contributed by atoms with E-state index in [1.165, 1.54) is 12.1 Å². The number of halogens is 1. The molecular formula is C21H15FN4O. The molecular weight excluding hydrogens is 343 g/mol. The highest BCUT2D eigenvalue weighted by Gasteiger charge is 2.35. The second kappa shape index (κ2) is 6.02. The molecule has 5 nitrogen and oxygen atoms in total. The topological polar surface area (TPSA) is 70.7 Å². The van der Waals surface area contributed by atoms with Crippen LogP contribution in [0.1, 0.15) is 28.8 Å². The zero-order valence-corrected chi connectivity index (χ0v) is 14.2. The molecule has 2 N–H and O–H groups in total. The van der Waals surface area contributed by atoms with Gasteiger partial charge in [0.2, 0.25) is 0 Å². The van der Waals surface area contributed by atoms with Crippen LogP contribution in [0.4, 0.5) is 10.1 Å². The lowest BCUT2D eigenvalue weighted by Gasteiger charge is -2.34. The summed E-state index contributed by atoms with van der Waals surface area (Å²) in [7, 11) is 0. The van der Waals surface area contributed by atoms with Crippen molar-refractivity contribution < 1.29 is 4.39 Å². The Balaban J connectivity index is 1.83. The minimum absolute atomic E-state index is 0.147. The van der Waals surface area contributed by atoms with Crippen molar-refractivity contribution in [2.75, 3.05) is 5.32 Å². The van der Waals surface area contributed by atoms with Gasteiger partial charge in [0.15, 0.2) is 0 Å². The van der Waals surface area contributed by atoms with Crippen LogP contribution in [0.5, 0.6) is 0 Å². The largest absolute Gasteiger partial charge is 0.377 e. The van der Waals surface area contributed by atoms with Gasteiger partial charge >= 0.3 is 0 Å². The molecule has 0 unspecified atom stereocenters. The third-order valence-electron chi connectivity index (χ3n) is 5.04. The number of hydrogen-bond donors (Lipinski definition) is 2. The summed E-state index contributed by atoms with van der Waals surface area (Å²) in [4.78, 5) is 16.3. The second-order valence-corrected chi connectivity index (χ2v) is 6.60. The lowest BCUT2D eigenvalue weighted by Crippen LogP contribution is -2.28. The predicted octanol–water partition coefficient (Wildman–Crippen LogP) is 3.76. The number of anilines is 1. The Kier molecular flexibility index (Phi) is 3.50. The SMILES string of the molecule is O=c1[nH]nc2c3c(cc(F)cc13)N[C@H](c1ccncc1)[C@H]2c1ccccc1. The number of nitrogens with one attached hydrogen (secondary N) is 2. The molecule has 0 aliphatic carbocycles. The molecule has 3 heterocycles. The highest BCUT2D eigenvalue weighted by atomic mass is 19.1. The number of hydrogen-bond acceptors (Lipinski definition) is 4. The van der Waals surface area contributed by atoms with Gasteiger partial charge in [-0.1, -0.05) is 30.3 Å². The summed E-state index contributed by atoms with van der Waals surface area (Å²) in [5, 5.41) is 11.3. The highest BCUT2D eigenvalue weighted by Crippen LogP contribution is 2.46. The molecule has 1 aliphatic heterocycles. The first-order chi connectivity index (χ1) is 13.2. The summed E-state index contributed by atoms with van der Waals surface area (Å²) in [6, 6.07) is 16.3. The molecule has 2 aromatic heterocycles. The Morgan fingerprint density at radius 1 is 0.963 bits per heavy atom. The van der Waals surface area contributed by atoms with Gasteiger partial charge in [0.05, 0.1) is 23.0 Å². The Morgan fingerprint density at radius 3 is 2.52 bits per heavy atom. The van der Waals surface area contributed by atoms with E-state index in [1.54, 1.807) is 12.4 Å². The van der Waals surface area contributed by atoms with Gasteiger partial charge in [-0.2, -0.15) is 5.10 Å². The number of benzene rings is 2. The zero-order chi connectivity index (χ0) is 18.4. The Morgan fingerprint density at radius 2 is 1.74 bits per heavy atom. The average Bonchev–Trinajstić information content (AvgIpc) is 2.71.